The van der Waals surface area contributed by atoms with E-state index < -0.39 is 6.36 Å². The fourth-order valence-corrected chi connectivity index (χ4v) is 5.46. The number of alkyl halides is 3. The zero-order chi connectivity index (χ0) is 26.7. The molecule has 2 aliphatic heterocycles. The van der Waals surface area contributed by atoms with Crippen molar-refractivity contribution in [2.45, 2.75) is 57.1 Å². The van der Waals surface area contributed by atoms with Gasteiger partial charge in [-0.2, -0.15) is 0 Å². The van der Waals surface area contributed by atoms with E-state index >= 15 is 0 Å². The van der Waals surface area contributed by atoms with Gasteiger partial charge in [0.05, 0.1) is 6.20 Å². The Morgan fingerprint density at radius 1 is 1.13 bits per heavy atom. The number of fused-ring (bicyclic) bond motifs is 1. The lowest BCUT2D eigenvalue weighted by atomic mass is 10.0. The first-order valence-electron chi connectivity index (χ1n) is 13.2. The Bertz CT molecular complexity index is 1120. The first-order chi connectivity index (χ1) is 18.2. The number of anilines is 3. The van der Waals surface area contributed by atoms with E-state index in [4.69, 9.17) is 4.98 Å². The molecule has 1 saturated heterocycles. The molecule has 1 saturated carbocycles. The third kappa shape index (κ3) is 6.58. The molecule has 9 nitrogen and oxygen atoms in total. The monoisotopic (exact) mass is 533 g/mol. The zero-order valence-corrected chi connectivity index (χ0v) is 21.4. The number of nitrogens with one attached hydrogen (secondary N) is 3. The number of ether oxygens (including phenoxy) is 1. The van der Waals surface area contributed by atoms with Crippen LogP contribution >= 0.6 is 0 Å². The van der Waals surface area contributed by atoms with E-state index in [9.17, 15) is 18.0 Å². The number of benzene rings is 1. The summed E-state index contributed by atoms with van der Waals surface area (Å²) in [6.07, 6.45) is 1.25. The summed E-state index contributed by atoms with van der Waals surface area (Å²) in [5.74, 6) is 1.61. The molecule has 206 valence electrons. The fraction of sp³-hybridized carbons (Fsp3) is 0.577. The summed E-state index contributed by atoms with van der Waals surface area (Å²) in [7, 11) is 2.10. The molecular weight excluding hydrogens is 499 g/mol. The van der Waals surface area contributed by atoms with E-state index in [0.717, 1.165) is 45.2 Å². The lowest BCUT2D eigenvalue weighted by Gasteiger charge is -2.31. The average Bonchev–Trinajstić information content (AvgIpc) is 3.35. The number of piperidine rings is 1. The standard InChI is InChI=1S/C26H34F3N7O2/c1-35-11-8-19(9-12-35)33-25(37)17-6-7-20(14-17)32-22-15-31-23-24(34-22)36(13-10-30-23)16-18-4-2-3-5-21(18)38-26(27,28)29/h2-5,15,17,19-20H,6-14,16H2,1H3,(H,30,31)(H,32,34)(H,33,37). The maximum absolute atomic E-state index is 12.9. The van der Waals surface area contributed by atoms with Crippen molar-refractivity contribution >= 4 is 23.4 Å². The number of para-hydroxylation sites is 1. The number of amides is 1. The Balaban J connectivity index is 1.21. The Labute approximate surface area is 220 Å². The molecule has 3 heterocycles. The summed E-state index contributed by atoms with van der Waals surface area (Å²) in [4.78, 5) is 26.3. The lowest BCUT2D eigenvalue weighted by molar-refractivity contribution is -0.274. The molecule has 0 radical (unpaired) electrons. The van der Waals surface area contributed by atoms with E-state index in [0.29, 0.717) is 36.1 Å². The number of rotatable bonds is 7. The molecule has 5 rings (SSSR count). The Hall–Kier alpha value is -3.28. The van der Waals surface area contributed by atoms with Crippen LogP contribution in [0, 0.1) is 5.92 Å². The number of hydrogen-bond acceptors (Lipinski definition) is 8. The van der Waals surface area contributed by atoms with E-state index in [1.54, 1.807) is 18.3 Å². The van der Waals surface area contributed by atoms with Crippen LogP contribution in [0.25, 0.3) is 0 Å². The highest BCUT2D eigenvalue weighted by molar-refractivity contribution is 5.79. The average molecular weight is 534 g/mol. The van der Waals surface area contributed by atoms with Gasteiger partial charge in [0.2, 0.25) is 5.91 Å². The zero-order valence-electron chi connectivity index (χ0n) is 21.4. The first kappa shape index (κ1) is 26.3. The maximum atomic E-state index is 12.9. The molecule has 1 aromatic heterocycles. The quantitative estimate of drug-likeness (QED) is 0.497. The SMILES string of the molecule is CN1CCC(NC(=O)C2CCC(Nc3cnc4c(n3)N(Cc3ccccc3OC(F)(F)F)CCN4)C2)CC1. The van der Waals surface area contributed by atoms with Crippen LogP contribution in [0.1, 0.15) is 37.7 Å². The second-order valence-electron chi connectivity index (χ2n) is 10.4. The molecule has 1 aliphatic carbocycles. The summed E-state index contributed by atoms with van der Waals surface area (Å²) in [6, 6.07) is 6.48. The topological polar surface area (TPSA) is 94.7 Å². The van der Waals surface area contributed by atoms with Crippen LogP contribution in [-0.4, -0.2) is 72.4 Å². The highest BCUT2D eigenvalue weighted by Crippen LogP contribution is 2.33. The van der Waals surface area contributed by atoms with Crippen molar-refractivity contribution in [3.63, 3.8) is 0 Å². The summed E-state index contributed by atoms with van der Waals surface area (Å²) >= 11 is 0. The molecule has 0 spiro atoms. The van der Waals surface area contributed by atoms with Crippen LogP contribution < -0.4 is 25.6 Å². The summed E-state index contributed by atoms with van der Waals surface area (Å²) in [5, 5.41) is 9.87. The van der Waals surface area contributed by atoms with Crippen molar-refractivity contribution in [2.24, 2.45) is 5.92 Å². The molecule has 1 amide bonds. The predicted molar refractivity (Wildman–Crippen MR) is 138 cm³/mol. The number of carbonyl (C=O) groups excluding carboxylic acids is 1. The van der Waals surface area contributed by atoms with Crippen molar-refractivity contribution in [3.05, 3.63) is 36.0 Å². The number of aromatic nitrogens is 2. The van der Waals surface area contributed by atoms with Gasteiger partial charge in [-0.3, -0.25) is 4.79 Å². The first-order valence-corrected chi connectivity index (χ1v) is 13.2. The highest BCUT2D eigenvalue weighted by Gasteiger charge is 2.33. The van der Waals surface area contributed by atoms with Crippen molar-refractivity contribution in [1.29, 1.82) is 0 Å². The summed E-state index contributed by atoms with van der Waals surface area (Å²) < 4.78 is 42.9. The third-order valence-corrected chi connectivity index (χ3v) is 7.51. The molecule has 2 atom stereocenters. The van der Waals surface area contributed by atoms with Gasteiger partial charge in [-0.05, 0) is 58.3 Å². The van der Waals surface area contributed by atoms with Gasteiger partial charge in [0.15, 0.2) is 11.6 Å². The Morgan fingerprint density at radius 2 is 1.92 bits per heavy atom. The normalized spacial score (nSPS) is 22.5. The van der Waals surface area contributed by atoms with Gasteiger partial charge in [0.1, 0.15) is 11.6 Å². The van der Waals surface area contributed by atoms with Crippen LogP contribution in [0.4, 0.5) is 30.6 Å². The van der Waals surface area contributed by atoms with Gasteiger partial charge in [0.25, 0.3) is 0 Å². The van der Waals surface area contributed by atoms with Crippen LogP contribution in [0.2, 0.25) is 0 Å². The number of likely N-dealkylation sites (tertiary alicyclic amines) is 1. The second-order valence-corrected chi connectivity index (χ2v) is 10.4. The highest BCUT2D eigenvalue weighted by atomic mass is 19.4. The fourth-order valence-electron chi connectivity index (χ4n) is 5.46. The van der Waals surface area contributed by atoms with Crippen LogP contribution in [-0.2, 0) is 11.3 Å². The number of carbonyl (C=O) groups is 1. The van der Waals surface area contributed by atoms with Gasteiger partial charge < -0.3 is 30.5 Å². The molecule has 0 bridgehead atoms. The molecule has 38 heavy (non-hydrogen) atoms. The van der Waals surface area contributed by atoms with Crippen molar-refractivity contribution < 1.29 is 22.7 Å². The van der Waals surface area contributed by atoms with Crippen LogP contribution in [0.15, 0.2) is 30.5 Å². The molecule has 3 N–H and O–H groups in total. The van der Waals surface area contributed by atoms with Gasteiger partial charge in [0, 0.05) is 43.2 Å². The third-order valence-electron chi connectivity index (χ3n) is 7.51. The van der Waals surface area contributed by atoms with E-state index in [1.165, 1.54) is 12.1 Å². The number of hydrogen-bond donors (Lipinski definition) is 3. The number of halogens is 3. The van der Waals surface area contributed by atoms with E-state index in [-0.39, 0.29) is 36.2 Å². The molecular formula is C26H34F3N7O2. The van der Waals surface area contributed by atoms with Crippen molar-refractivity contribution in [1.82, 2.24) is 20.2 Å². The van der Waals surface area contributed by atoms with E-state index in [2.05, 4.69) is 37.6 Å². The minimum absolute atomic E-state index is 0.0268. The molecule has 2 fully saturated rings. The molecule has 2 aromatic rings. The van der Waals surface area contributed by atoms with Gasteiger partial charge in [-0.25, -0.2) is 9.97 Å². The minimum atomic E-state index is -4.77. The minimum Gasteiger partial charge on any atom is -0.405 e. The van der Waals surface area contributed by atoms with Gasteiger partial charge in [-0.1, -0.05) is 18.2 Å². The predicted octanol–water partition coefficient (Wildman–Crippen LogP) is 3.60. The van der Waals surface area contributed by atoms with Gasteiger partial charge >= 0.3 is 6.36 Å². The molecule has 2 unspecified atom stereocenters. The van der Waals surface area contributed by atoms with Crippen LogP contribution in [0.3, 0.4) is 0 Å². The molecule has 12 heteroatoms. The van der Waals surface area contributed by atoms with Crippen LogP contribution in [0.5, 0.6) is 5.75 Å². The summed E-state index contributed by atoms with van der Waals surface area (Å²) in [5.41, 5.74) is 0.409. The Morgan fingerprint density at radius 3 is 2.71 bits per heavy atom. The molecule has 3 aliphatic rings. The maximum Gasteiger partial charge on any atom is 0.573 e. The largest absolute Gasteiger partial charge is 0.573 e. The number of nitrogens with zero attached hydrogens (tertiary/aromatic N) is 4. The van der Waals surface area contributed by atoms with E-state index in [1.807, 2.05) is 4.90 Å². The second kappa shape index (κ2) is 11.2. The van der Waals surface area contributed by atoms with Gasteiger partial charge in [-0.15, -0.1) is 13.2 Å². The molecule has 1 aromatic carbocycles. The lowest BCUT2D eigenvalue weighted by Crippen LogP contribution is -2.45. The smallest absolute Gasteiger partial charge is 0.405 e. The van der Waals surface area contributed by atoms with Crippen molar-refractivity contribution in [3.8, 4) is 5.75 Å². The Kier molecular flexibility index (Phi) is 7.78. The summed E-state index contributed by atoms with van der Waals surface area (Å²) in [6.45, 7) is 3.34. The van der Waals surface area contributed by atoms with Crippen molar-refractivity contribution in [2.75, 3.05) is 48.8 Å².